The zero-order chi connectivity index (χ0) is 22.1. The summed E-state index contributed by atoms with van der Waals surface area (Å²) >= 11 is 0. The van der Waals surface area contributed by atoms with Gasteiger partial charge in [-0.1, -0.05) is 37.6 Å². The van der Waals surface area contributed by atoms with Gasteiger partial charge in [0.15, 0.2) is 0 Å². The van der Waals surface area contributed by atoms with Gasteiger partial charge in [-0.2, -0.15) is 4.31 Å². The molecule has 7 heteroatoms. The number of hydrogen-bond donors (Lipinski definition) is 1. The Morgan fingerprint density at radius 3 is 2.27 bits per heavy atom. The molecule has 1 aliphatic heterocycles. The van der Waals surface area contributed by atoms with Gasteiger partial charge in [0.2, 0.25) is 15.9 Å². The normalized spacial score (nSPS) is 16.2. The maximum Gasteiger partial charge on any atom is 0.244 e. The summed E-state index contributed by atoms with van der Waals surface area (Å²) < 4.78 is 26.5. The van der Waals surface area contributed by atoms with Crippen LogP contribution in [0.3, 0.4) is 0 Å². The molecule has 0 bridgehead atoms. The van der Waals surface area contributed by atoms with Gasteiger partial charge in [0.1, 0.15) is 0 Å². The molecular weight excluding hydrogens is 398 g/mol. The number of nitrogens with zero attached hydrogens (tertiary/aromatic N) is 2. The fraction of sp³-hybridized carbons (Fsp3) is 0.522. The first kappa shape index (κ1) is 24.3. The van der Waals surface area contributed by atoms with Crippen molar-refractivity contribution in [3.8, 4) is 0 Å². The van der Waals surface area contributed by atoms with Gasteiger partial charge in [0.25, 0.3) is 0 Å². The number of sulfonamides is 1. The molecule has 0 aromatic heterocycles. The van der Waals surface area contributed by atoms with Crippen LogP contribution in [0.25, 0.3) is 6.08 Å². The van der Waals surface area contributed by atoms with Gasteiger partial charge in [-0.05, 0) is 50.5 Å². The molecule has 166 valence electrons. The first-order valence-corrected chi connectivity index (χ1v) is 12.1. The number of nitrogens with one attached hydrogen (secondary N) is 1. The van der Waals surface area contributed by atoms with E-state index in [0.29, 0.717) is 13.1 Å². The molecule has 1 aromatic carbocycles. The van der Waals surface area contributed by atoms with E-state index in [1.807, 2.05) is 13.8 Å². The number of hydrogen-bond acceptors (Lipinski definition) is 4. The number of piperidine rings is 1. The lowest BCUT2D eigenvalue weighted by Gasteiger charge is -2.31. The number of allylic oxidation sites excluding steroid dienone is 1. The van der Waals surface area contributed by atoms with Crippen molar-refractivity contribution in [2.24, 2.45) is 0 Å². The third-order valence-corrected chi connectivity index (χ3v) is 7.41. The Morgan fingerprint density at radius 2 is 1.73 bits per heavy atom. The summed E-state index contributed by atoms with van der Waals surface area (Å²) in [5.74, 6) is -0.113. The van der Waals surface area contributed by atoms with Gasteiger partial charge in [0.05, 0.1) is 4.90 Å². The molecule has 0 radical (unpaired) electrons. The SMILES string of the molecule is CCN(CC)S(=O)(=O)c1ccc(/C=C/C(=O)NC2CCN(CC=C(C)C)CC2)cc1. The molecule has 1 aromatic rings. The third-order valence-electron chi connectivity index (χ3n) is 5.34. The summed E-state index contributed by atoms with van der Waals surface area (Å²) in [6.07, 6.45) is 7.37. The summed E-state index contributed by atoms with van der Waals surface area (Å²) in [4.78, 5) is 14.9. The molecule has 30 heavy (non-hydrogen) atoms. The second-order valence-corrected chi connectivity index (χ2v) is 9.79. The van der Waals surface area contributed by atoms with Crippen LogP contribution in [0.5, 0.6) is 0 Å². The largest absolute Gasteiger partial charge is 0.350 e. The average Bonchev–Trinajstić information content (AvgIpc) is 2.72. The maximum absolute atomic E-state index is 12.5. The Balaban J connectivity index is 1.86. The number of carbonyl (C=O) groups is 1. The van der Waals surface area contributed by atoms with Crippen LogP contribution in [0, 0.1) is 0 Å². The van der Waals surface area contributed by atoms with Crippen LogP contribution in [0.4, 0.5) is 0 Å². The van der Waals surface area contributed by atoms with E-state index < -0.39 is 10.0 Å². The van der Waals surface area contributed by atoms with E-state index in [9.17, 15) is 13.2 Å². The smallest absolute Gasteiger partial charge is 0.244 e. The molecule has 1 amide bonds. The van der Waals surface area contributed by atoms with E-state index in [1.165, 1.54) is 16.0 Å². The molecule has 1 fully saturated rings. The zero-order valence-corrected chi connectivity index (χ0v) is 19.4. The third kappa shape index (κ3) is 7.07. The van der Waals surface area contributed by atoms with Crippen molar-refractivity contribution in [2.75, 3.05) is 32.7 Å². The summed E-state index contributed by atoms with van der Waals surface area (Å²) in [5, 5.41) is 3.07. The fourth-order valence-electron chi connectivity index (χ4n) is 3.46. The van der Waals surface area contributed by atoms with Crippen LogP contribution >= 0.6 is 0 Å². The van der Waals surface area contributed by atoms with Crippen LogP contribution in [-0.2, 0) is 14.8 Å². The van der Waals surface area contributed by atoms with Crippen molar-refractivity contribution in [2.45, 2.75) is 51.5 Å². The fourth-order valence-corrected chi connectivity index (χ4v) is 4.91. The van der Waals surface area contributed by atoms with Gasteiger partial charge in [-0.3, -0.25) is 9.69 Å². The molecule has 0 saturated carbocycles. The van der Waals surface area contributed by atoms with Crippen molar-refractivity contribution >= 4 is 22.0 Å². The summed E-state index contributed by atoms with van der Waals surface area (Å²) in [6.45, 7) is 11.7. The van der Waals surface area contributed by atoms with Crippen LogP contribution < -0.4 is 5.32 Å². The van der Waals surface area contributed by atoms with Gasteiger partial charge in [-0.25, -0.2) is 8.42 Å². The van der Waals surface area contributed by atoms with Gasteiger partial charge in [-0.15, -0.1) is 0 Å². The topological polar surface area (TPSA) is 69.7 Å². The highest BCUT2D eigenvalue weighted by atomic mass is 32.2. The van der Waals surface area contributed by atoms with E-state index in [4.69, 9.17) is 0 Å². The number of likely N-dealkylation sites (tertiary alicyclic amines) is 1. The Labute approximate surface area is 181 Å². The van der Waals surface area contributed by atoms with E-state index >= 15 is 0 Å². The highest BCUT2D eigenvalue weighted by Crippen LogP contribution is 2.17. The molecule has 0 aliphatic carbocycles. The van der Waals surface area contributed by atoms with Crippen LogP contribution in [0.1, 0.15) is 46.1 Å². The number of benzene rings is 1. The Morgan fingerprint density at radius 1 is 1.13 bits per heavy atom. The summed E-state index contributed by atoms with van der Waals surface area (Å²) in [5.41, 5.74) is 2.12. The molecule has 0 atom stereocenters. The molecule has 1 heterocycles. The first-order valence-electron chi connectivity index (χ1n) is 10.7. The Kier molecular flexibility index (Phi) is 9.27. The number of amides is 1. The molecule has 1 N–H and O–H groups in total. The minimum Gasteiger partial charge on any atom is -0.350 e. The van der Waals surface area contributed by atoms with Crippen LogP contribution in [0.15, 0.2) is 46.9 Å². The average molecular weight is 434 g/mol. The number of rotatable bonds is 9. The maximum atomic E-state index is 12.5. The quantitative estimate of drug-likeness (QED) is 0.479. The summed E-state index contributed by atoms with van der Waals surface area (Å²) in [7, 11) is -3.46. The van der Waals surface area contributed by atoms with Crippen molar-refractivity contribution in [3.05, 3.63) is 47.6 Å². The standard InChI is InChI=1S/C23H35N3O3S/c1-5-26(6-2)30(28,29)22-10-7-20(8-11-22)9-12-23(27)24-21-14-17-25(18-15-21)16-13-19(3)4/h7-13,21H,5-6,14-18H2,1-4H3,(H,24,27)/b12-9+. The molecule has 1 aliphatic rings. The molecule has 2 rings (SSSR count). The lowest BCUT2D eigenvalue weighted by molar-refractivity contribution is -0.117. The first-order chi connectivity index (χ1) is 14.3. The molecule has 0 unspecified atom stereocenters. The number of carbonyl (C=O) groups excluding carboxylic acids is 1. The highest BCUT2D eigenvalue weighted by Gasteiger charge is 2.21. The lowest BCUT2D eigenvalue weighted by Crippen LogP contribution is -2.44. The highest BCUT2D eigenvalue weighted by molar-refractivity contribution is 7.89. The zero-order valence-electron chi connectivity index (χ0n) is 18.6. The Bertz CT molecular complexity index is 844. The van der Waals surface area contributed by atoms with Crippen molar-refractivity contribution in [1.82, 2.24) is 14.5 Å². The van der Waals surface area contributed by atoms with Gasteiger partial charge < -0.3 is 5.32 Å². The second-order valence-electron chi connectivity index (χ2n) is 7.86. The van der Waals surface area contributed by atoms with Crippen molar-refractivity contribution in [1.29, 1.82) is 0 Å². The minimum atomic E-state index is -3.46. The van der Waals surface area contributed by atoms with E-state index in [0.717, 1.165) is 38.0 Å². The van der Waals surface area contributed by atoms with E-state index in [2.05, 4.69) is 30.1 Å². The van der Waals surface area contributed by atoms with Crippen molar-refractivity contribution in [3.63, 3.8) is 0 Å². The molecule has 0 spiro atoms. The Hall–Kier alpha value is -1.96. The molecular formula is C23H35N3O3S. The van der Waals surface area contributed by atoms with E-state index in [-0.39, 0.29) is 16.8 Å². The van der Waals surface area contributed by atoms with Crippen LogP contribution in [-0.4, -0.2) is 62.3 Å². The van der Waals surface area contributed by atoms with E-state index in [1.54, 1.807) is 30.3 Å². The van der Waals surface area contributed by atoms with Gasteiger partial charge in [0, 0.05) is 44.8 Å². The predicted octanol–water partition coefficient (Wildman–Crippen LogP) is 3.28. The molecule has 1 saturated heterocycles. The van der Waals surface area contributed by atoms with Gasteiger partial charge >= 0.3 is 0 Å². The summed E-state index contributed by atoms with van der Waals surface area (Å²) in [6, 6.07) is 6.83. The van der Waals surface area contributed by atoms with Crippen molar-refractivity contribution < 1.29 is 13.2 Å². The second kappa shape index (κ2) is 11.4. The minimum absolute atomic E-state index is 0.113. The predicted molar refractivity (Wildman–Crippen MR) is 123 cm³/mol. The lowest BCUT2D eigenvalue weighted by atomic mass is 10.0. The van der Waals surface area contributed by atoms with Crippen LogP contribution in [0.2, 0.25) is 0 Å². The molecule has 6 nitrogen and oxygen atoms in total. The monoisotopic (exact) mass is 433 g/mol.